The fraction of sp³-hybridized carbons (Fsp3) is 0.857. The van der Waals surface area contributed by atoms with Crippen LogP contribution in [-0.2, 0) is 9.59 Å². The third kappa shape index (κ3) is 3.88. The van der Waals surface area contributed by atoms with E-state index in [1.54, 1.807) is 0 Å². The van der Waals surface area contributed by atoms with Crippen LogP contribution in [0.4, 0.5) is 0 Å². The lowest BCUT2D eigenvalue weighted by atomic mass is 10.1. The summed E-state index contributed by atoms with van der Waals surface area (Å²) in [7, 11) is 0. The smallest absolute Gasteiger partial charge is 0.246 e. The third-order valence-corrected chi connectivity index (χ3v) is 4.61. The number of piperidine rings is 1. The van der Waals surface area contributed by atoms with E-state index in [0.29, 0.717) is 11.8 Å². The summed E-state index contributed by atoms with van der Waals surface area (Å²) in [6, 6.07) is 0.00749. The fourth-order valence-electron chi connectivity index (χ4n) is 3.17. The zero-order valence-corrected chi connectivity index (χ0v) is 13.1. The Hall–Kier alpha value is -0.750. The van der Waals surface area contributed by atoms with Crippen LogP contribution < -0.4 is 5.32 Å². The number of hydrogen-bond donors (Lipinski definition) is 2. The van der Waals surface area contributed by atoms with Crippen molar-refractivity contribution in [1.82, 2.24) is 15.1 Å². The predicted molar refractivity (Wildman–Crippen MR) is 81.9 cm³/mol. The van der Waals surface area contributed by atoms with Crippen molar-refractivity contribution in [2.75, 3.05) is 31.9 Å². The van der Waals surface area contributed by atoms with Crippen LogP contribution in [0.1, 0.15) is 32.6 Å². The van der Waals surface area contributed by atoms with Gasteiger partial charge in [-0.25, -0.2) is 0 Å². The molecule has 0 aromatic carbocycles. The van der Waals surface area contributed by atoms with Crippen molar-refractivity contribution in [2.24, 2.45) is 0 Å². The highest BCUT2D eigenvalue weighted by molar-refractivity contribution is 7.80. The van der Waals surface area contributed by atoms with E-state index in [0.717, 1.165) is 32.6 Å². The lowest BCUT2D eigenvalue weighted by Crippen LogP contribution is -2.49. The molecule has 2 rings (SSSR count). The standard InChI is InChI=1S/C14H25N3O2S/c1-11(18)15-13(10-20)14(19)17-8-5-12(9-17)16-6-3-2-4-7-16/h12-13,20H,2-10H2,1H3,(H,15,18). The van der Waals surface area contributed by atoms with Gasteiger partial charge in [-0.15, -0.1) is 0 Å². The van der Waals surface area contributed by atoms with E-state index < -0.39 is 6.04 Å². The predicted octanol–water partition coefficient (Wildman–Crippen LogP) is 0.508. The number of hydrogen-bond acceptors (Lipinski definition) is 4. The molecule has 0 radical (unpaired) electrons. The number of nitrogens with one attached hydrogen (secondary N) is 1. The summed E-state index contributed by atoms with van der Waals surface area (Å²) in [6.45, 7) is 5.35. The molecule has 2 unspecified atom stereocenters. The van der Waals surface area contributed by atoms with Gasteiger partial charge in [-0.3, -0.25) is 14.5 Å². The topological polar surface area (TPSA) is 52.7 Å². The molecule has 2 fully saturated rings. The maximum atomic E-state index is 12.4. The van der Waals surface area contributed by atoms with Crippen LogP contribution in [0.5, 0.6) is 0 Å². The zero-order valence-electron chi connectivity index (χ0n) is 12.2. The van der Waals surface area contributed by atoms with Crippen LogP contribution in [0.3, 0.4) is 0 Å². The molecule has 114 valence electrons. The van der Waals surface area contributed by atoms with E-state index in [-0.39, 0.29) is 11.8 Å². The first kappa shape index (κ1) is 15.6. The van der Waals surface area contributed by atoms with E-state index in [2.05, 4.69) is 22.8 Å². The Morgan fingerprint density at radius 3 is 2.55 bits per heavy atom. The Kier molecular flexibility index (Phi) is 5.72. The van der Waals surface area contributed by atoms with Crippen LogP contribution in [0.15, 0.2) is 0 Å². The minimum Gasteiger partial charge on any atom is -0.344 e. The molecule has 2 aliphatic heterocycles. The number of likely N-dealkylation sites (tertiary alicyclic amines) is 2. The maximum absolute atomic E-state index is 12.4. The normalized spacial score (nSPS) is 25.5. The second-order valence-electron chi connectivity index (χ2n) is 5.76. The first-order valence-electron chi connectivity index (χ1n) is 7.52. The first-order valence-corrected chi connectivity index (χ1v) is 8.16. The van der Waals surface area contributed by atoms with Crippen molar-refractivity contribution in [3.8, 4) is 0 Å². The molecule has 6 heteroatoms. The van der Waals surface area contributed by atoms with Crippen molar-refractivity contribution in [3.05, 3.63) is 0 Å². The van der Waals surface area contributed by atoms with Gasteiger partial charge in [-0.2, -0.15) is 12.6 Å². The fourth-order valence-corrected chi connectivity index (χ4v) is 3.42. The number of rotatable bonds is 4. The summed E-state index contributed by atoms with van der Waals surface area (Å²) in [5.41, 5.74) is 0. The average Bonchev–Trinajstić information content (AvgIpc) is 2.94. The largest absolute Gasteiger partial charge is 0.344 e. The lowest BCUT2D eigenvalue weighted by molar-refractivity contribution is -0.134. The molecule has 2 saturated heterocycles. The van der Waals surface area contributed by atoms with Gasteiger partial charge in [0.05, 0.1) is 0 Å². The summed E-state index contributed by atoms with van der Waals surface area (Å²) in [4.78, 5) is 27.9. The highest BCUT2D eigenvalue weighted by atomic mass is 32.1. The highest BCUT2D eigenvalue weighted by Crippen LogP contribution is 2.20. The van der Waals surface area contributed by atoms with E-state index in [1.165, 1.54) is 26.2 Å². The van der Waals surface area contributed by atoms with Crippen LogP contribution in [0.25, 0.3) is 0 Å². The van der Waals surface area contributed by atoms with Gasteiger partial charge in [0.15, 0.2) is 0 Å². The van der Waals surface area contributed by atoms with Crippen molar-refractivity contribution in [1.29, 1.82) is 0 Å². The van der Waals surface area contributed by atoms with Gasteiger partial charge < -0.3 is 10.2 Å². The molecule has 1 N–H and O–H groups in total. The molecular formula is C14H25N3O2S. The second kappa shape index (κ2) is 7.31. The average molecular weight is 299 g/mol. The summed E-state index contributed by atoms with van der Waals surface area (Å²) in [5.74, 6) is 0.183. The van der Waals surface area contributed by atoms with Gasteiger partial charge in [0, 0.05) is 31.8 Å². The van der Waals surface area contributed by atoms with Crippen LogP contribution in [0.2, 0.25) is 0 Å². The monoisotopic (exact) mass is 299 g/mol. The SMILES string of the molecule is CC(=O)NC(CS)C(=O)N1CCC(N2CCCCC2)C1. The quantitative estimate of drug-likeness (QED) is 0.744. The van der Waals surface area contributed by atoms with E-state index in [4.69, 9.17) is 0 Å². The summed E-state index contributed by atoms with van der Waals surface area (Å²) in [6.07, 6.45) is 4.92. The molecule has 2 aliphatic rings. The zero-order chi connectivity index (χ0) is 14.5. The Morgan fingerprint density at radius 1 is 1.25 bits per heavy atom. The molecule has 0 saturated carbocycles. The number of nitrogens with zero attached hydrogens (tertiary/aromatic N) is 2. The van der Waals surface area contributed by atoms with Gasteiger partial charge in [0.1, 0.15) is 6.04 Å². The van der Waals surface area contributed by atoms with Crippen molar-refractivity contribution in [3.63, 3.8) is 0 Å². The van der Waals surface area contributed by atoms with Gasteiger partial charge >= 0.3 is 0 Å². The lowest BCUT2D eigenvalue weighted by Gasteiger charge is -2.32. The van der Waals surface area contributed by atoms with Crippen molar-refractivity contribution < 1.29 is 9.59 Å². The molecule has 20 heavy (non-hydrogen) atoms. The number of carbonyl (C=O) groups excluding carboxylic acids is 2. The maximum Gasteiger partial charge on any atom is 0.246 e. The van der Waals surface area contributed by atoms with Crippen LogP contribution >= 0.6 is 12.6 Å². The Bertz CT molecular complexity index is 358. The summed E-state index contributed by atoms with van der Waals surface area (Å²) >= 11 is 4.17. The summed E-state index contributed by atoms with van der Waals surface area (Å²) < 4.78 is 0. The molecule has 2 atom stereocenters. The Labute approximate surface area is 126 Å². The minimum atomic E-state index is -0.490. The van der Waals surface area contributed by atoms with E-state index in [9.17, 15) is 9.59 Å². The second-order valence-corrected chi connectivity index (χ2v) is 6.12. The van der Waals surface area contributed by atoms with Crippen molar-refractivity contribution in [2.45, 2.75) is 44.7 Å². The molecule has 0 spiro atoms. The van der Waals surface area contributed by atoms with Gasteiger partial charge in [0.25, 0.3) is 0 Å². The van der Waals surface area contributed by atoms with E-state index in [1.807, 2.05) is 4.90 Å². The molecule has 2 heterocycles. The highest BCUT2D eigenvalue weighted by Gasteiger charge is 2.33. The molecule has 0 aliphatic carbocycles. The molecular weight excluding hydrogens is 274 g/mol. The molecule has 0 aromatic rings. The molecule has 5 nitrogen and oxygen atoms in total. The van der Waals surface area contributed by atoms with Crippen LogP contribution in [0, 0.1) is 0 Å². The third-order valence-electron chi connectivity index (χ3n) is 4.24. The van der Waals surface area contributed by atoms with Gasteiger partial charge in [0.2, 0.25) is 11.8 Å². The minimum absolute atomic E-state index is 0.00899. The first-order chi connectivity index (χ1) is 9.61. The van der Waals surface area contributed by atoms with Crippen molar-refractivity contribution >= 4 is 24.4 Å². The van der Waals surface area contributed by atoms with Gasteiger partial charge in [-0.1, -0.05) is 6.42 Å². The van der Waals surface area contributed by atoms with Gasteiger partial charge in [-0.05, 0) is 32.4 Å². The number of carbonyl (C=O) groups is 2. The summed E-state index contributed by atoms with van der Waals surface area (Å²) in [5, 5.41) is 2.68. The Balaban J connectivity index is 1.87. The van der Waals surface area contributed by atoms with E-state index >= 15 is 0 Å². The Morgan fingerprint density at radius 2 is 1.95 bits per heavy atom. The molecule has 0 aromatic heterocycles. The number of amides is 2. The molecule has 0 bridgehead atoms. The number of thiol groups is 1. The molecule has 2 amide bonds. The van der Waals surface area contributed by atoms with Crippen LogP contribution in [-0.4, -0.2) is 65.6 Å².